The number of aromatic nitrogens is 3. The van der Waals surface area contributed by atoms with Gasteiger partial charge in [-0.25, -0.2) is 0 Å². The summed E-state index contributed by atoms with van der Waals surface area (Å²) in [5.74, 6) is 0.693. The summed E-state index contributed by atoms with van der Waals surface area (Å²) < 4.78 is 1.86. The normalized spacial score (nSPS) is 17.4. The molecule has 1 fully saturated rings. The molecule has 0 aliphatic carbocycles. The van der Waals surface area contributed by atoms with Crippen LogP contribution in [0.25, 0.3) is 0 Å². The van der Waals surface area contributed by atoms with Gasteiger partial charge < -0.3 is 5.32 Å². The van der Waals surface area contributed by atoms with Crippen molar-refractivity contribution in [3.63, 3.8) is 0 Å². The molecule has 0 atom stereocenters. The van der Waals surface area contributed by atoms with Crippen molar-refractivity contribution < 1.29 is 4.79 Å². The van der Waals surface area contributed by atoms with Gasteiger partial charge in [0.05, 0.1) is 0 Å². The molecule has 1 aromatic heterocycles. The largest absolute Gasteiger partial charge is 0.317 e. The maximum Gasteiger partial charge on any atom is 0.231 e. The molecule has 1 aliphatic heterocycles. The molecule has 17 heavy (non-hydrogen) atoms. The zero-order valence-electron chi connectivity index (χ0n) is 10.3. The Kier molecular flexibility index (Phi) is 3.73. The first-order valence-corrected chi connectivity index (χ1v) is 6.09. The molecular weight excluding hydrogens is 218 g/mol. The first-order valence-electron chi connectivity index (χ1n) is 6.09. The van der Waals surface area contributed by atoms with Gasteiger partial charge in [-0.3, -0.25) is 14.7 Å². The van der Waals surface area contributed by atoms with Gasteiger partial charge in [-0.15, -0.1) is 10.2 Å². The minimum absolute atomic E-state index is 0.0569. The summed E-state index contributed by atoms with van der Waals surface area (Å²) in [4.78, 5) is 12.0. The number of piperidine rings is 1. The Bertz CT molecular complexity index is 381. The lowest BCUT2D eigenvalue weighted by atomic mass is 9.97. The summed E-state index contributed by atoms with van der Waals surface area (Å²) >= 11 is 0. The van der Waals surface area contributed by atoms with Crippen LogP contribution in [-0.2, 0) is 4.79 Å². The predicted molar refractivity (Wildman–Crippen MR) is 64.6 cm³/mol. The minimum atomic E-state index is 0.0569. The molecule has 0 bridgehead atoms. The molecule has 0 unspecified atom stereocenters. The molecule has 0 spiro atoms. The molecular formula is C11H19N5O. The van der Waals surface area contributed by atoms with E-state index in [-0.39, 0.29) is 17.9 Å². The second-order valence-electron chi connectivity index (χ2n) is 4.67. The fourth-order valence-corrected chi connectivity index (χ4v) is 2.01. The van der Waals surface area contributed by atoms with Crippen molar-refractivity contribution in [3.05, 3.63) is 6.33 Å². The van der Waals surface area contributed by atoms with Gasteiger partial charge in [0, 0.05) is 12.0 Å². The quantitative estimate of drug-likeness (QED) is 0.815. The maximum atomic E-state index is 12.0. The van der Waals surface area contributed by atoms with Crippen molar-refractivity contribution >= 4 is 11.9 Å². The summed E-state index contributed by atoms with van der Waals surface area (Å²) in [6, 6.07) is 0.244. The van der Waals surface area contributed by atoms with Gasteiger partial charge >= 0.3 is 0 Å². The fraction of sp³-hybridized carbons (Fsp3) is 0.727. The van der Waals surface area contributed by atoms with Crippen LogP contribution in [0, 0.1) is 5.92 Å². The minimum Gasteiger partial charge on any atom is -0.317 e. The molecule has 2 rings (SSSR count). The van der Waals surface area contributed by atoms with Gasteiger partial charge in [0.15, 0.2) is 0 Å². The lowest BCUT2D eigenvalue weighted by Gasteiger charge is -2.21. The molecule has 1 amide bonds. The van der Waals surface area contributed by atoms with Crippen molar-refractivity contribution in [2.24, 2.45) is 5.92 Å². The van der Waals surface area contributed by atoms with Crippen LogP contribution in [0.3, 0.4) is 0 Å². The Morgan fingerprint density at radius 1 is 1.53 bits per heavy atom. The van der Waals surface area contributed by atoms with Crippen LogP contribution in [-0.4, -0.2) is 33.8 Å². The van der Waals surface area contributed by atoms with E-state index in [1.165, 1.54) is 0 Å². The highest BCUT2D eigenvalue weighted by atomic mass is 16.2. The summed E-state index contributed by atoms with van der Waals surface area (Å²) in [6.45, 7) is 5.89. The first-order chi connectivity index (χ1) is 8.18. The van der Waals surface area contributed by atoms with Crippen LogP contribution >= 0.6 is 0 Å². The predicted octanol–water partition coefficient (Wildman–Crippen LogP) is 0.797. The molecule has 6 heteroatoms. The topological polar surface area (TPSA) is 71.8 Å². The van der Waals surface area contributed by atoms with E-state index in [0.29, 0.717) is 5.95 Å². The van der Waals surface area contributed by atoms with E-state index < -0.39 is 0 Å². The molecule has 1 saturated heterocycles. The Morgan fingerprint density at radius 2 is 2.24 bits per heavy atom. The number of rotatable bonds is 3. The lowest BCUT2D eigenvalue weighted by Crippen LogP contribution is -2.35. The highest BCUT2D eigenvalue weighted by molar-refractivity contribution is 5.91. The summed E-state index contributed by atoms with van der Waals surface area (Å²) in [7, 11) is 0. The standard InChI is InChI=1S/C11H19N5O/c1-8(2)16-7-13-15-11(16)14-10(17)9-3-5-12-6-4-9/h7-9,12H,3-6H2,1-2H3,(H,14,15,17). The van der Waals surface area contributed by atoms with Crippen molar-refractivity contribution in [1.82, 2.24) is 20.1 Å². The van der Waals surface area contributed by atoms with Gasteiger partial charge in [0.2, 0.25) is 11.9 Å². The number of nitrogens with one attached hydrogen (secondary N) is 2. The van der Waals surface area contributed by atoms with Gasteiger partial charge in [-0.1, -0.05) is 0 Å². The number of nitrogens with zero attached hydrogens (tertiary/aromatic N) is 3. The van der Waals surface area contributed by atoms with Crippen LogP contribution in [0.2, 0.25) is 0 Å². The molecule has 94 valence electrons. The van der Waals surface area contributed by atoms with Gasteiger partial charge in [0.1, 0.15) is 6.33 Å². The second-order valence-corrected chi connectivity index (χ2v) is 4.67. The van der Waals surface area contributed by atoms with Crippen LogP contribution in [0.5, 0.6) is 0 Å². The van der Waals surface area contributed by atoms with Gasteiger partial charge in [0.25, 0.3) is 0 Å². The Hall–Kier alpha value is -1.43. The first kappa shape index (κ1) is 12.0. The Balaban J connectivity index is 1.99. The Labute approximate surface area is 101 Å². The SMILES string of the molecule is CC(C)n1cnnc1NC(=O)C1CCNCC1. The molecule has 1 aliphatic rings. The average molecular weight is 237 g/mol. The third-order valence-electron chi connectivity index (χ3n) is 3.07. The fourth-order valence-electron chi connectivity index (χ4n) is 2.01. The monoisotopic (exact) mass is 237 g/mol. The molecule has 0 saturated carbocycles. The highest BCUT2D eigenvalue weighted by Gasteiger charge is 2.22. The summed E-state index contributed by atoms with van der Waals surface area (Å²) in [5, 5.41) is 13.9. The summed E-state index contributed by atoms with van der Waals surface area (Å²) in [6.07, 6.45) is 3.42. The van der Waals surface area contributed by atoms with Crippen LogP contribution in [0.1, 0.15) is 32.7 Å². The highest BCUT2D eigenvalue weighted by Crippen LogP contribution is 2.16. The molecule has 2 N–H and O–H groups in total. The molecule has 6 nitrogen and oxygen atoms in total. The number of hydrogen-bond acceptors (Lipinski definition) is 4. The number of carbonyl (C=O) groups excluding carboxylic acids is 1. The number of amides is 1. The van der Waals surface area contributed by atoms with E-state index in [2.05, 4.69) is 20.8 Å². The van der Waals surface area contributed by atoms with E-state index in [9.17, 15) is 4.79 Å². The smallest absolute Gasteiger partial charge is 0.231 e. The second kappa shape index (κ2) is 5.27. The van der Waals surface area contributed by atoms with Crippen LogP contribution in [0.15, 0.2) is 6.33 Å². The van der Waals surface area contributed by atoms with E-state index in [0.717, 1.165) is 25.9 Å². The van der Waals surface area contributed by atoms with Gasteiger partial charge in [-0.2, -0.15) is 0 Å². The molecule has 0 aromatic carbocycles. The number of carbonyl (C=O) groups is 1. The van der Waals surface area contributed by atoms with Crippen LogP contribution < -0.4 is 10.6 Å². The third kappa shape index (κ3) is 2.82. The number of anilines is 1. The van der Waals surface area contributed by atoms with Crippen LogP contribution in [0.4, 0.5) is 5.95 Å². The van der Waals surface area contributed by atoms with Crippen molar-refractivity contribution in [2.45, 2.75) is 32.7 Å². The molecule has 1 aromatic rings. The zero-order chi connectivity index (χ0) is 12.3. The van der Waals surface area contributed by atoms with Crippen molar-refractivity contribution in [3.8, 4) is 0 Å². The zero-order valence-corrected chi connectivity index (χ0v) is 10.3. The van der Waals surface area contributed by atoms with E-state index in [1.807, 2.05) is 18.4 Å². The average Bonchev–Trinajstić information content (AvgIpc) is 2.78. The number of hydrogen-bond donors (Lipinski definition) is 2. The summed E-state index contributed by atoms with van der Waals surface area (Å²) in [5.41, 5.74) is 0. The third-order valence-corrected chi connectivity index (χ3v) is 3.07. The van der Waals surface area contributed by atoms with Crippen molar-refractivity contribution in [1.29, 1.82) is 0 Å². The Morgan fingerprint density at radius 3 is 2.88 bits per heavy atom. The molecule has 2 heterocycles. The maximum absolute atomic E-state index is 12.0. The molecule has 0 radical (unpaired) electrons. The van der Waals surface area contributed by atoms with Gasteiger partial charge in [-0.05, 0) is 39.8 Å². The van der Waals surface area contributed by atoms with E-state index in [1.54, 1.807) is 6.33 Å². The lowest BCUT2D eigenvalue weighted by molar-refractivity contribution is -0.120. The van der Waals surface area contributed by atoms with Crippen molar-refractivity contribution in [2.75, 3.05) is 18.4 Å². The van der Waals surface area contributed by atoms with E-state index >= 15 is 0 Å². The van der Waals surface area contributed by atoms with E-state index in [4.69, 9.17) is 0 Å².